The van der Waals surface area contributed by atoms with Gasteiger partial charge in [0.1, 0.15) is 0 Å². The highest BCUT2D eigenvalue weighted by atomic mass is 35.5. The van der Waals surface area contributed by atoms with E-state index in [2.05, 4.69) is 18.7 Å². The summed E-state index contributed by atoms with van der Waals surface area (Å²) in [6.45, 7) is 9.12. The number of carbonyl (C=O) groups excluding carboxylic acids is 1. The monoisotopic (exact) mass is 285 g/mol. The van der Waals surface area contributed by atoms with Crippen LogP contribution in [0.3, 0.4) is 0 Å². The van der Waals surface area contributed by atoms with Crippen molar-refractivity contribution in [2.75, 3.05) is 25.4 Å². The first-order valence-electron chi connectivity index (χ1n) is 6.24. The molecule has 18 heavy (non-hydrogen) atoms. The molecule has 1 aromatic carbocycles. The van der Waals surface area contributed by atoms with Crippen molar-refractivity contribution in [3.05, 3.63) is 28.8 Å². The number of ketones is 1. The number of hydrogen-bond acceptors (Lipinski definition) is 3. The molecule has 0 aliphatic heterocycles. The standard InChI is InChI=1S/C14H20ClNOS/c1-4-16(5-2)8-9-18-12-6-7-13(11(3)17)14(15)10-12/h6-7,10H,4-5,8-9H2,1-3H3. The smallest absolute Gasteiger partial charge is 0.161 e. The highest BCUT2D eigenvalue weighted by Gasteiger charge is 2.06. The molecule has 0 amide bonds. The third kappa shape index (κ3) is 4.63. The first-order chi connectivity index (χ1) is 8.58. The fourth-order valence-electron chi connectivity index (χ4n) is 1.70. The number of benzene rings is 1. The minimum Gasteiger partial charge on any atom is -0.303 e. The van der Waals surface area contributed by atoms with Crippen LogP contribution in [0.4, 0.5) is 0 Å². The lowest BCUT2D eigenvalue weighted by atomic mass is 10.1. The van der Waals surface area contributed by atoms with Crippen molar-refractivity contribution in [1.82, 2.24) is 4.90 Å². The van der Waals surface area contributed by atoms with Crippen LogP contribution in [-0.2, 0) is 0 Å². The molecule has 0 aromatic heterocycles. The predicted octanol–water partition coefficient (Wildman–Crippen LogP) is 3.98. The second kappa shape index (κ2) is 7.82. The number of rotatable bonds is 7. The summed E-state index contributed by atoms with van der Waals surface area (Å²) in [5.41, 5.74) is 0.602. The number of Topliss-reactive ketones (excluding diaryl/α,β-unsaturated/α-hetero) is 1. The molecule has 0 radical (unpaired) electrons. The predicted molar refractivity (Wildman–Crippen MR) is 80.0 cm³/mol. The van der Waals surface area contributed by atoms with Crippen LogP contribution in [0, 0.1) is 0 Å². The molecule has 0 aliphatic carbocycles. The number of thioether (sulfide) groups is 1. The number of hydrogen-bond donors (Lipinski definition) is 0. The molecule has 0 saturated heterocycles. The maximum Gasteiger partial charge on any atom is 0.161 e. The third-order valence-corrected chi connectivity index (χ3v) is 4.18. The van der Waals surface area contributed by atoms with Gasteiger partial charge in [-0.3, -0.25) is 4.79 Å². The van der Waals surface area contributed by atoms with Crippen molar-refractivity contribution < 1.29 is 4.79 Å². The van der Waals surface area contributed by atoms with Gasteiger partial charge in [-0.1, -0.05) is 25.4 Å². The van der Waals surface area contributed by atoms with Crippen LogP contribution in [0.25, 0.3) is 0 Å². The molecule has 0 bridgehead atoms. The maximum atomic E-state index is 11.3. The van der Waals surface area contributed by atoms with Crippen molar-refractivity contribution in [3.63, 3.8) is 0 Å². The summed E-state index contributed by atoms with van der Waals surface area (Å²) >= 11 is 7.85. The van der Waals surface area contributed by atoms with Gasteiger partial charge in [0.05, 0.1) is 5.02 Å². The van der Waals surface area contributed by atoms with Crippen LogP contribution in [0.2, 0.25) is 5.02 Å². The van der Waals surface area contributed by atoms with E-state index in [1.54, 1.807) is 11.8 Å². The van der Waals surface area contributed by atoms with E-state index in [4.69, 9.17) is 11.6 Å². The SMILES string of the molecule is CCN(CC)CCSc1ccc(C(C)=O)c(Cl)c1. The van der Waals surface area contributed by atoms with Crippen molar-refractivity contribution >= 4 is 29.1 Å². The Labute approximate surface area is 119 Å². The Morgan fingerprint density at radius 1 is 1.33 bits per heavy atom. The molecule has 2 nitrogen and oxygen atoms in total. The van der Waals surface area contributed by atoms with Gasteiger partial charge in [-0.25, -0.2) is 0 Å². The second-order valence-electron chi connectivity index (χ2n) is 4.07. The Morgan fingerprint density at radius 2 is 2.00 bits per heavy atom. The summed E-state index contributed by atoms with van der Waals surface area (Å²) < 4.78 is 0. The minimum absolute atomic E-state index is 0.0136. The lowest BCUT2D eigenvalue weighted by Crippen LogP contribution is -2.25. The summed E-state index contributed by atoms with van der Waals surface area (Å²) in [5.74, 6) is 1.05. The van der Waals surface area contributed by atoms with E-state index < -0.39 is 0 Å². The Balaban J connectivity index is 2.53. The number of halogens is 1. The Morgan fingerprint density at radius 3 is 2.50 bits per heavy atom. The summed E-state index contributed by atoms with van der Waals surface area (Å²) in [6, 6.07) is 5.66. The van der Waals surface area contributed by atoms with Crippen LogP contribution in [0.15, 0.2) is 23.1 Å². The Kier molecular flexibility index (Phi) is 6.76. The van der Waals surface area contributed by atoms with Crippen molar-refractivity contribution in [2.24, 2.45) is 0 Å². The van der Waals surface area contributed by atoms with Gasteiger partial charge in [-0.2, -0.15) is 0 Å². The van der Waals surface area contributed by atoms with Gasteiger partial charge < -0.3 is 4.90 Å². The normalized spacial score (nSPS) is 10.9. The molecule has 1 aromatic rings. The van der Waals surface area contributed by atoms with Crippen LogP contribution < -0.4 is 0 Å². The summed E-state index contributed by atoms with van der Waals surface area (Å²) in [4.78, 5) is 14.8. The van der Waals surface area contributed by atoms with Crippen LogP contribution in [0.5, 0.6) is 0 Å². The first-order valence-corrected chi connectivity index (χ1v) is 7.60. The van der Waals surface area contributed by atoms with Gasteiger partial charge in [-0.15, -0.1) is 11.8 Å². The lowest BCUT2D eigenvalue weighted by Gasteiger charge is -2.17. The first kappa shape index (κ1) is 15.5. The molecule has 0 atom stereocenters. The lowest BCUT2D eigenvalue weighted by molar-refractivity contribution is 0.101. The van der Waals surface area contributed by atoms with E-state index >= 15 is 0 Å². The van der Waals surface area contributed by atoms with Gasteiger partial charge in [0.2, 0.25) is 0 Å². The van der Waals surface area contributed by atoms with E-state index in [1.165, 1.54) is 6.92 Å². The van der Waals surface area contributed by atoms with Gasteiger partial charge in [0, 0.05) is 22.8 Å². The largest absolute Gasteiger partial charge is 0.303 e. The average Bonchev–Trinajstić information content (AvgIpc) is 2.34. The zero-order valence-electron chi connectivity index (χ0n) is 11.2. The second-order valence-corrected chi connectivity index (χ2v) is 5.65. The van der Waals surface area contributed by atoms with E-state index in [1.807, 2.05) is 18.2 Å². The molecule has 0 N–H and O–H groups in total. The van der Waals surface area contributed by atoms with Crippen molar-refractivity contribution in [1.29, 1.82) is 0 Å². The third-order valence-electron chi connectivity index (χ3n) is 2.89. The summed E-state index contributed by atoms with van der Waals surface area (Å²) in [7, 11) is 0. The minimum atomic E-state index is 0.0136. The highest BCUT2D eigenvalue weighted by molar-refractivity contribution is 7.99. The molecule has 4 heteroatoms. The fraction of sp³-hybridized carbons (Fsp3) is 0.500. The van der Waals surface area contributed by atoms with Gasteiger partial charge >= 0.3 is 0 Å². The summed E-state index contributed by atoms with van der Waals surface area (Å²) in [6.07, 6.45) is 0. The molecular formula is C14H20ClNOS. The maximum absolute atomic E-state index is 11.3. The molecule has 100 valence electrons. The molecule has 0 fully saturated rings. The Hall–Kier alpha value is -0.510. The molecule has 0 unspecified atom stereocenters. The number of carbonyl (C=O) groups is 1. The van der Waals surface area contributed by atoms with Crippen LogP contribution >= 0.6 is 23.4 Å². The number of nitrogens with zero attached hydrogens (tertiary/aromatic N) is 1. The molecule has 0 aliphatic rings. The Bertz CT molecular complexity index is 405. The molecular weight excluding hydrogens is 266 g/mol. The average molecular weight is 286 g/mol. The van der Waals surface area contributed by atoms with Crippen LogP contribution in [-0.4, -0.2) is 36.1 Å². The van der Waals surface area contributed by atoms with E-state index in [0.717, 1.165) is 30.3 Å². The van der Waals surface area contributed by atoms with Gasteiger partial charge in [0.15, 0.2) is 5.78 Å². The molecule has 1 rings (SSSR count). The molecule has 0 spiro atoms. The molecule has 0 saturated carbocycles. The van der Waals surface area contributed by atoms with E-state index in [-0.39, 0.29) is 5.78 Å². The zero-order chi connectivity index (χ0) is 13.5. The fourth-order valence-corrected chi connectivity index (χ4v) is 3.03. The van der Waals surface area contributed by atoms with Crippen molar-refractivity contribution in [3.8, 4) is 0 Å². The zero-order valence-corrected chi connectivity index (χ0v) is 12.8. The molecule has 0 heterocycles. The van der Waals surface area contributed by atoms with E-state index in [0.29, 0.717) is 10.6 Å². The van der Waals surface area contributed by atoms with Gasteiger partial charge in [0.25, 0.3) is 0 Å². The summed E-state index contributed by atoms with van der Waals surface area (Å²) in [5, 5.41) is 0.551. The highest BCUT2D eigenvalue weighted by Crippen LogP contribution is 2.25. The van der Waals surface area contributed by atoms with Gasteiger partial charge in [-0.05, 0) is 38.2 Å². The van der Waals surface area contributed by atoms with Crippen LogP contribution in [0.1, 0.15) is 31.1 Å². The van der Waals surface area contributed by atoms with Crippen molar-refractivity contribution in [2.45, 2.75) is 25.7 Å². The van der Waals surface area contributed by atoms with E-state index in [9.17, 15) is 4.79 Å². The quantitative estimate of drug-likeness (QED) is 0.558. The topological polar surface area (TPSA) is 20.3 Å².